The molecule has 0 saturated carbocycles. The van der Waals surface area contributed by atoms with E-state index in [1.165, 1.54) is 12.1 Å². The van der Waals surface area contributed by atoms with Crippen LogP contribution in [0, 0.1) is 5.82 Å². The molecule has 0 saturated heterocycles. The number of aromatic nitrogens is 3. The maximum atomic E-state index is 13.1. The van der Waals surface area contributed by atoms with Gasteiger partial charge < -0.3 is 5.73 Å². The third kappa shape index (κ3) is 3.89. The Kier molecular flexibility index (Phi) is 5.08. The monoisotopic (exact) mass is 392 g/mol. The fourth-order valence-electron chi connectivity index (χ4n) is 2.88. The molecule has 4 aromatic rings. The van der Waals surface area contributed by atoms with Gasteiger partial charge in [-0.25, -0.2) is 14.4 Å². The van der Waals surface area contributed by atoms with Gasteiger partial charge in [0.05, 0.1) is 6.54 Å². The number of nitrogens with zero attached hydrogens (tertiary/aromatic N) is 3. The highest BCUT2D eigenvalue weighted by Crippen LogP contribution is 2.27. The predicted octanol–water partition coefficient (Wildman–Crippen LogP) is 4.01. The number of benzene rings is 2. The standard InChI is InChI=1S/C21H17FN4OS/c22-17-9-5-15(6-10-17)13-28-21-25-18-2-1-11-24-20(18)26(21)12-14-3-7-16(8-4-14)19(23)27/h1-11H,12-13H2,(H2,23,27). The highest BCUT2D eigenvalue weighted by molar-refractivity contribution is 7.98. The summed E-state index contributed by atoms with van der Waals surface area (Å²) >= 11 is 1.57. The number of fused-ring (bicyclic) bond motifs is 1. The lowest BCUT2D eigenvalue weighted by molar-refractivity contribution is 0.100. The Morgan fingerprint density at radius 1 is 1.04 bits per heavy atom. The summed E-state index contributed by atoms with van der Waals surface area (Å²) in [6.07, 6.45) is 1.74. The zero-order valence-corrected chi connectivity index (χ0v) is 15.7. The molecule has 2 aromatic carbocycles. The molecular weight excluding hydrogens is 375 g/mol. The van der Waals surface area contributed by atoms with Crippen molar-refractivity contribution in [1.29, 1.82) is 0 Å². The van der Waals surface area contributed by atoms with Crippen LogP contribution in [-0.4, -0.2) is 20.4 Å². The van der Waals surface area contributed by atoms with Gasteiger partial charge in [-0.2, -0.15) is 0 Å². The number of imidazole rings is 1. The second kappa shape index (κ2) is 7.82. The van der Waals surface area contributed by atoms with Crippen LogP contribution in [-0.2, 0) is 12.3 Å². The van der Waals surface area contributed by atoms with E-state index in [0.29, 0.717) is 17.9 Å². The van der Waals surface area contributed by atoms with E-state index < -0.39 is 5.91 Å². The first-order valence-corrected chi connectivity index (χ1v) is 9.66. The quantitative estimate of drug-likeness (QED) is 0.503. The molecule has 0 unspecified atom stereocenters. The number of carbonyl (C=O) groups excluding carboxylic acids is 1. The van der Waals surface area contributed by atoms with E-state index in [1.54, 1.807) is 42.2 Å². The van der Waals surface area contributed by atoms with Gasteiger partial charge in [0.2, 0.25) is 5.91 Å². The molecule has 2 heterocycles. The van der Waals surface area contributed by atoms with Crippen molar-refractivity contribution < 1.29 is 9.18 Å². The fraction of sp³-hybridized carbons (Fsp3) is 0.0952. The smallest absolute Gasteiger partial charge is 0.248 e. The summed E-state index contributed by atoms with van der Waals surface area (Å²) in [5, 5.41) is 0.831. The Balaban J connectivity index is 1.62. The fourth-order valence-corrected chi connectivity index (χ4v) is 3.83. The zero-order chi connectivity index (χ0) is 19.5. The van der Waals surface area contributed by atoms with Crippen LogP contribution >= 0.6 is 11.8 Å². The molecular formula is C21H17FN4OS. The van der Waals surface area contributed by atoms with E-state index in [2.05, 4.69) is 4.98 Å². The summed E-state index contributed by atoms with van der Waals surface area (Å²) in [5.74, 6) is -0.0223. The molecule has 7 heteroatoms. The Labute approximate surface area is 165 Å². The number of amides is 1. The number of pyridine rings is 1. The molecule has 140 valence electrons. The minimum absolute atomic E-state index is 0.246. The number of hydrogen-bond donors (Lipinski definition) is 1. The van der Waals surface area contributed by atoms with Gasteiger partial charge in [-0.15, -0.1) is 0 Å². The molecule has 2 N–H and O–H groups in total. The van der Waals surface area contributed by atoms with E-state index in [-0.39, 0.29) is 5.82 Å². The third-order valence-electron chi connectivity index (χ3n) is 4.33. The maximum absolute atomic E-state index is 13.1. The zero-order valence-electron chi connectivity index (χ0n) is 14.9. The van der Waals surface area contributed by atoms with Gasteiger partial charge in [0.25, 0.3) is 0 Å². The lowest BCUT2D eigenvalue weighted by Gasteiger charge is -2.09. The van der Waals surface area contributed by atoms with E-state index in [4.69, 9.17) is 10.7 Å². The van der Waals surface area contributed by atoms with Crippen molar-refractivity contribution in [2.24, 2.45) is 5.73 Å². The minimum Gasteiger partial charge on any atom is -0.366 e. The Bertz CT molecular complexity index is 1120. The van der Waals surface area contributed by atoms with Crippen LogP contribution in [0.15, 0.2) is 72.0 Å². The lowest BCUT2D eigenvalue weighted by atomic mass is 10.1. The van der Waals surface area contributed by atoms with Crippen LogP contribution in [0.1, 0.15) is 21.5 Å². The van der Waals surface area contributed by atoms with Gasteiger partial charge in [-0.1, -0.05) is 36.0 Å². The highest BCUT2D eigenvalue weighted by atomic mass is 32.2. The molecule has 28 heavy (non-hydrogen) atoms. The van der Waals surface area contributed by atoms with Crippen LogP contribution in [0.2, 0.25) is 0 Å². The second-order valence-corrected chi connectivity index (χ2v) is 7.25. The number of carbonyl (C=O) groups is 1. The average Bonchev–Trinajstić information content (AvgIpc) is 3.05. The Morgan fingerprint density at radius 2 is 1.75 bits per heavy atom. The van der Waals surface area contributed by atoms with Crippen molar-refractivity contribution in [1.82, 2.24) is 14.5 Å². The average molecular weight is 392 g/mol. The predicted molar refractivity (Wildman–Crippen MR) is 108 cm³/mol. The van der Waals surface area contributed by atoms with Crippen molar-refractivity contribution >= 4 is 28.8 Å². The first-order chi connectivity index (χ1) is 13.6. The molecule has 0 aliphatic carbocycles. The number of nitrogens with two attached hydrogens (primary N) is 1. The van der Waals surface area contributed by atoms with E-state index >= 15 is 0 Å². The molecule has 2 aromatic heterocycles. The summed E-state index contributed by atoms with van der Waals surface area (Å²) in [6, 6.07) is 17.4. The summed E-state index contributed by atoms with van der Waals surface area (Å²) < 4.78 is 15.2. The molecule has 0 atom stereocenters. The third-order valence-corrected chi connectivity index (χ3v) is 5.38. The topological polar surface area (TPSA) is 73.8 Å². The van der Waals surface area contributed by atoms with Crippen molar-refractivity contribution in [3.8, 4) is 0 Å². The van der Waals surface area contributed by atoms with Gasteiger partial charge in [0.1, 0.15) is 11.3 Å². The van der Waals surface area contributed by atoms with Crippen LogP contribution in [0.3, 0.4) is 0 Å². The minimum atomic E-state index is -0.447. The van der Waals surface area contributed by atoms with Crippen molar-refractivity contribution in [3.63, 3.8) is 0 Å². The van der Waals surface area contributed by atoms with Gasteiger partial charge in [0.15, 0.2) is 10.8 Å². The summed E-state index contributed by atoms with van der Waals surface area (Å²) in [6.45, 7) is 0.568. The highest BCUT2D eigenvalue weighted by Gasteiger charge is 2.13. The van der Waals surface area contributed by atoms with Gasteiger partial charge >= 0.3 is 0 Å². The van der Waals surface area contributed by atoms with Crippen LogP contribution < -0.4 is 5.73 Å². The Morgan fingerprint density at radius 3 is 2.46 bits per heavy atom. The largest absolute Gasteiger partial charge is 0.366 e. The van der Waals surface area contributed by atoms with Gasteiger partial charge in [0, 0.05) is 17.5 Å². The van der Waals surface area contributed by atoms with E-state index in [1.807, 2.05) is 28.8 Å². The molecule has 5 nitrogen and oxygen atoms in total. The summed E-state index contributed by atoms with van der Waals surface area (Å²) in [4.78, 5) is 20.4. The number of rotatable bonds is 6. The SMILES string of the molecule is NC(=O)c1ccc(Cn2c(SCc3ccc(F)cc3)nc3cccnc32)cc1. The van der Waals surface area contributed by atoms with Gasteiger partial charge in [-0.05, 0) is 47.5 Å². The first-order valence-electron chi connectivity index (χ1n) is 8.67. The molecule has 1 amide bonds. The van der Waals surface area contributed by atoms with Crippen molar-refractivity contribution in [2.75, 3.05) is 0 Å². The van der Waals surface area contributed by atoms with Gasteiger partial charge in [-0.3, -0.25) is 9.36 Å². The number of thioether (sulfide) groups is 1. The molecule has 0 fully saturated rings. The lowest BCUT2D eigenvalue weighted by Crippen LogP contribution is -2.11. The Hall–Kier alpha value is -3.19. The summed E-state index contributed by atoms with van der Waals surface area (Å²) in [5.41, 5.74) is 9.43. The normalized spacial score (nSPS) is 11.0. The van der Waals surface area contributed by atoms with Crippen LogP contribution in [0.5, 0.6) is 0 Å². The van der Waals surface area contributed by atoms with Crippen molar-refractivity contribution in [2.45, 2.75) is 17.5 Å². The molecule has 4 rings (SSSR count). The molecule has 0 bridgehead atoms. The molecule has 0 spiro atoms. The number of hydrogen-bond acceptors (Lipinski definition) is 4. The molecule has 0 aliphatic heterocycles. The maximum Gasteiger partial charge on any atom is 0.248 e. The molecule has 0 aliphatic rings. The number of halogens is 1. The summed E-state index contributed by atoms with van der Waals surface area (Å²) in [7, 11) is 0. The second-order valence-electron chi connectivity index (χ2n) is 6.30. The van der Waals surface area contributed by atoms with Crippen LogP contribution in [0.25, 0.3) is 11.2 Å². The van der Waals surface area contributed by atoms with E-state index in [0.717, 1.165) is 27.4 Å². The van der Waals surface area contributed by atoms with Crippen molar-refractivity contribution in [3.05, 3.63) is 89.4 Å². The van der Waals surface area contributed by atoms with E-state index in [9.17, 15) is 9.18 Å². The number of primary amides is 1. The van der Waals surface area contributed by atoms with Crippen LogP contribution in [0.4, 0.5) is 4.39 Å². The molecule has 0 radical (unpaired) electrons. The first kappa shape index (κ1) is 18.2.